The van der Waals surface area contributed by atoms with Gasteiger partial charge < -0.3 is 4.57 Å². The van der Waals surface area contributed by atoms with E-state index in [4.69, 9.17) is 23.2 Å². The average Bonchev–Trinajstić information content (AvgIpc) is 2.80. The molecule has 6 nitrogen and oxygen atoms in total. The van der Waals surface area contributed by atoms with Crippen molar-refractivity contribution in [3.05, 3.63) is 45.4 Å². The Labute approximate surface area is 150 Å². The van der Waals surface area contributed by atoms with E-state index in [1.807, 2.05) is 0 Å². The quantitative estimate of drug-likeness (QED) is 0.677. The van der Waals surface area contributed by atoms with Gasteiger partial charge in [0, 0.05) is 29.3 Å². The largest absolute Gasteiger partial charge is 0.323 e. The number of nitrogens with one attached hydrogen (secondary N) is 1. The molecule has 0 aliphatic carbocycles. The number of hydrogen-bond acceptors (Lipinski definition) is 4. The molecule has 3 aromatic rings. The molecule has 10 heteroatoms. The smallest absolute Gasteiger partial charge is 0.281 e. The van der Waals surface area contributed by atoms with Crippen LogP contribution < -0.4 is 4.72 Å². The van der Waals surface area contributed by atoms with E-state index in [1.165, 1.54) is 17.0 Å². The molecule has 0 radical (unpaired) electrons. The fourth-order valence-corrected chi connectivity index (χ4v) is 4.14. The number of rotatable bonds is 3. The predicted molar refractivity (Wildman–Crippen MR) is 93.5 cm³/mol. The van der Waals surface area contributed by atoms with Crippen molar-refractivity contribution in [1.29, 1.82) is 0 Å². The van der Waals surface area contributed by atoms with Gasteiger partial charge in [0.05, 0.1) is 16.2 Å². The molecule has 0 bridgehead atoms. The summed E-state index contributed by atoms with van der Waals surface area (Å²) in [6.45, 7) is 0. The van der Waals surface area contributed by atoms with Gasteiger partial charge in [0.2, 0.25) is 5.28 Å². The second kappa shape index (κ2) is 5.94. The second-order valence-corrected chi connectivity index (χ2v) is 8.00. The van der Waals surface area contributed by atoms with Crippen molar-refractivity contribution in [2.24, 2.45) is 7.05 Å². The lowest BCUT2D eigenvalue weighted by molar-refractivity contribution is 0.598. The SMILES string of the molecule is Cn1cc(S(=O)(=O)Nc2ccnc3c(Cl)cc(Br)cc23)nc1Cl. The number of aryl methyl sites for hydroxylation is 1. The topological polar surface area (TPSA) is 76.9 Å². The summed E-state index contributed by atoms with van der Waals surface area (Å²) in [5.74, 6) is 0. The number of benzene rings is 1. The normalized spacial score (nSPS) is 11.8. The van der Waals surface area contributed by atoms with Gasteiger partial charge in [0.15, 0.2) is 5.03 Å². The molecule has 1 N–H and O–H groups in total. The summed E-state index contributed by atoms with van der Waals surface area (Å²) in [6, 6.07) is 4.97. The van der Waals surface area contributed by atoms with E-state index in [2.05, 4.69) is 30.6 Å². The molecule has 0 saturated heterocycles. The second-order valence-electron chi connectivity index (χ2n) is 4.71. The molecule has 0 amide bonds. The molecular weight excluding hydrogens is 427 g/mol. The van der Waals surface area contributed by atoms with Crippen LogP contribution in [0.25, 0.3) is 10.9 Å². The van der Waals surface area contributed by atoms with Crippen LogP contribution in [0.5, 0.6) is 0 Å². The zero-order valence-electron chi connectivity index (χ0n) is 11.6. The highest BCUT2D eigenvalue weighted by atomic mass is 79.9. The van der Waals surface area contributed by atoms with Crippen molar-refractivity contribution in [2.75, 3.05) is 4.72 Å². The number of sulfonamides is 1. The van der Waals surface area contributed by atoms with Crippen LogP contribution in [0.15, 0.2) is 40.1 Å². The minimum Gasteiger partial charge on any atom is -0.323 e. The Morgan fingerprint density at radius 2 is 2.04 bits per heavy atom. The average molecular weight is 436 g/mol. The summed E-state index contributed by atoms with van der Waals surface area (Å²) in [5, 5.41) is 0.889. The Balaban J connectivity index is 2.11. The van der Waals surface area contributed by atoms with E-state index >= 15 is 0 Å². The van der Waals surface area contributed by atoms with Crippen LogP contribution in [0.4, 0.5) is 5.69 Å². The van der Waals surface area contributed by atoms with E-state index < -0.39 is 10.0 Å². The van der Waals surface area contributed by atoms with Crippen LogP contribution in [-0.2, 0) is 17.1 Å². The van der Waals surface area contributed by atoms with E-state index in [-0.39, 0.29) is 10.3 Å². The predicted octanol–water partition coefficient (Wildman–Crippen LogP) is 3.84. The molecule has 120 valence electrons. The maximum atomic E-state index is 12.5. The lowest BCUT2D eigenvalue weighted by atomic mass is 10.2. The van der Waals surface area contributed by atoms with Crippen LogP contribution in [0.1, 0.15) is 0 Å². The van der Waals surface area contributed by atoms with Crippen LogP contribution in [0, 0.1) is 0 Å². The molecule has 1 aromatic carbocycles. The fraction of sp³-hybridized carbons (Fsp3) is 0.0769. The Bertz CT molecular complexity index is 1000. The molecule has 0 aliphatic heterocycles. The summed E-state index contributed by atoms with van der Waals surface area (Å²) >= 11 is 15.3. The third-order valence-electron chi connectivity index (χ3n) is 3.08. The fourth-order valence-electron chi connectivity index (χ4n) is 2.01. The van der Waals surface area contributed by atoms with Crippen molar-refractivity contribution in [3.8, 4) is 0 Å². The highest BCUT2D eigenvalue weighted by molar-refractivity contribution is 9.10. The van der Waals surface area contributed by atoms with Crippen molar-refractivity contribution >= 4 is 65.7 Å². The Morgan fingerprint density at radius 3 is 2.70 bits per heavy atom. The molecule has 23 heavy (non-hydrogen) atoms. The molecule has 2 heterocycles. The third-order valence-corrected chi connectivity index (χ3v) is 5.41. The van der Waals surface area contributed by atoms with Gasteiger partial charge in [-0.15, -0.1) is 0 Å². The van der Waals surface area contributed by atoms with Crippen LogP contribution in [0.3, 0.4) is 0 Å². The lowest BCUT2D eigenvalue weighted by Crippen LogP contribution is -2.13. The zero-order valence-corrected chi connectivity index (χ0v) is 15.5. The molecule has 3 rings (SSSR count). The van der Waals surface area contributed by atoms with Gasteiger partial charge in [0.1, 0.15) is 0 Å². The highest BCUT2D eigenvalue weighted by Gasteiger charge is 2.20. The number of aromatic nitrogens is 3. The van der Waals surface area contributed by atoms with E-state index in [0.717, 1.165) is 0 Å². The third kappa shape index (κ3) is 3.16. The maximum Gasteiger partial charge on any atom is 0.281 e. The number of hydrogen-bond donors (Lipinski definition) is 1. The molecule has 0 unspecified atom stereocenters. The number of halogens is 3. The summed E-state index contributed by atoms with van der Waals surface area (Å²) in [5.41, 5.74) is 0.842. The van der Waals surface area contributed by atoms with E-state index in [0.29, 0.717) is 26.1 Å². The maximum absolute atomic E-state index is 12.5. The van der Waals surface area contributed by atoms with E-state index in [1.54, 1.807) is 25.2 Å². The van der Waals surface area contributed by atoms with Crippen LogP contribution >= 0.6 is 39.1 Å². The molecular formula is C13H9BrCl2N4O2S. The summed E-state index contributed by atoms with van der Waals surface area (Å²) in [4.78, 5) is 8.00. The van der Waals surface area contributed by atoms with Gasteiger partial charge in [-0.3, -0.25) is 9.71 Å². The Hall–Kier alpha value is -1.35. The van der Waals surface area contributed by atoms with Gasteiger partial charge in [0.25, 0.3) is 10.0 Å². The highest BCUT2D eigenvalue weighted by Crippen LogP contribution is 2.32. The number of imidazole rings is 1. The van der Waals surface area contributed by atoms with E-state index in [9.17, 15) is 8.42 Å². The van der Waals surface area contributed by atoms with Gasteiger partial charge in [-0.05, 0) is 29.8 Å². The molecule has 0 fully saturated rings. The molecule has 0 atom stereocenters. The van der Waals surface area contributed by atoms with Crippen molar-refractivity contribution in [2.45, 2.75) is 5.03 Å². The zero-order chi connectivity index (χ0) is 16.8. The van der Waals surface area contributed by atoms with Gasteiger partial charge >= 0.3 is 0 Å². The molecule has 0 saturated carbocycles. The minimum atomic E-state index is -3.88. The number of nitrogens with zero attached hydrogens (tertiary/aromatic N) is 3. The summed E-state index contributed by atoms with van der Waals surface area (Å²) in [6.07, 6.45) is 2.81. The van der Waals surface area contributed by atoms with Crippen molar-refractivity contribution in [3.63, 3.8) is 0 Å². The Morgan fingerprint density at radius 1 is 1.30 bits per heavy atom. The van der Waals surface area contributed by atoms with Gasteiger partial charge in [-0.2, -0.15) is 8.42 Å². The summed E-state index contributed by atoms with van der Waals surface area (Å²) < 4.78 is 29.6. The monoisotopic (exact) mass is 434 g/mol. The number of fused-ring (bicyclic) bond motifs is 1. The first-order valence-electron chi connectivity index (χ1n) is 6.23. The molecule has 0 aliphatic rings. The number of anilines is 1. The van der Waals surface area contributed by atoms with Crippen molar-refractivity contribution in [1.82, 2.24) is 14.5 Å². The number of pyridine rings is 1. The summed E-state index contributed by atoms with van der Waals surface area (Å²) in [7, 11) is -2.28. The Kier molecular flexibility index (Phi) is 4.26. The van der Waals surface area contributed by atoms with Crippen LogP contribution in [-0.4, -0.2) is 23.0 Å². The molecule has 2 aromatic heterocycles. The van der Waals surface area contributed by atoms with Gasteiger partial charge in [-0.25, -0.2) is 4.98 Å². The first-order chi connectivity index (χ1) is 10.8. The minimum absolute atomic E-state index is 0.0794. The standard InChI is InChI=1S/C13H9BrCl2N4O2S/c1-20-6-11(18-13(20)16)23(21,22)19-10-2-3-17-12-8(10)4-7(14)5-9(12)15/h2-6H,1H3,(H,17,19). The lowest BCUT2D eigenvalue weighted by Gasteiger charge is -2.10. The first kappa shape index (κ1) is 16.5. The van der Waals surface area contributed by atoms with Crippen molar-refractivity contribution < 1.29 is 8.42 Å². The van der Waals surface area contributed by atoms with Gasteiger partial charge in [-0.1, -0.05) is 27.5 Å². The first-order valence-corrected chi connectivity index (χ1v) is 9.26. The molecule has 0 spiro atoms. The van der Waals surface area contributed by atoms with Crippen LogP contribution in [0.2, 0.25) is 10.3 Å².